The van der Waals surface area contributed by atoms with Crippen LogP contribution in [0.25, 0.3) is 0 Å². The van der Waals surface area contributed by atoms with Crippen molar-refractivity contribution in [2.24, 2.45) is 4.99 Å². The number of aliphatic imine (C=N–C) groups is 1. The molecule has 0 spiro atoms. The Morgan fingerprint density at radius 3 is 2.58 bits per heavy atom. The molecule has 0 saturated carbocycles. The molecule has 6 heteroatoms. The molecule has 1 aromatic rings. The van der Waals surface area contributed by atoms with Crippen molar-refractivity contribution in [1.29, 1.82) is 0 Å². The number of halogens is 3. The van der Waals surface area contributed by atoms with E-state index < -0.39 is 11.7 Å². The second-order valence-corrected chi connectivity index (χ2v) is 5.35. The fourth-order valence-electron chi connectivity index (χ4n) is 1.80. The van der Waals surface area contributed by atoms with Crippen LogP contribution in [0, 0.1) is 0 Å². The third-order valence-electron chi connectivity index (χ3n) is 3.40. The normalized spacial score (nSPS) is 13.0. The Balaban J connectivity index is 2.78. The van der Waals surface area contributed by atoms with Gasteiger partial charge in [-0.2, -0.15) is 0 Å². The average molecular weight is 341 g/mol. The fourth-order valence-corrected chi connectivity index (χ4v) is 1.80. The second-order valence-electron chi connectivity index (χ2n) is 5.35. The summed E-state index contributed by atoms with van der Waals surface area (Å²) >= 11 is 0. The van der Waals surface area contributed by atoms with Gasteiger partial charge in [-0.25, -0.2) is 18.2 Å². The minimum Gasteiger partial charge on any atom is -0.496 e. The molecule has 0 aromatic heterocycles. The van der Waals surface area contributed by atoms with Crippen LogP contribution >= 0.6 is 0 Å². The Morgan fingerprint density at radius 2 is 2.04 bits per heavy atom. The van der Waals surface area contributed by atoms with Crippen molar-refractivity contribution in [2.75, 3.05) is 7.11 Å². The van der Waals surface area contributed by atoms with Crippen LogP contribution in [-0.2, 0) is 17.3 Å². The summed E-state index contributed by atoms with van der Waals surface area (Å²) in [5, 5.41) is 0. The lowest BCUT2D eigenvalue weighted by Gasteiger charge is -2.16. The Hall–Kier alpha value is -2.24. The van der Waals surface area contributed by atoms with Gasteiger partial charge in [0.05, 0.1) is 18.9 Å². The van der Waals surface area contributed by atoms with E-state index in [1.807, 2.05) is 6.92 Å². The van der Waals surface area contributed by atoms with E-state index in [0.29, 0.717) is 17.6 Å². The van der Waals surface area contributed by atoms with Crippen LogP contribution in [0.5, 0.6) is 5.75 Å². The molecular weight excluding hydrogens is 319 g/mol. The first-order valence-electron chi connectivity index (χ1n) is 7.45. The van der Waals surface area contributed by atoms with Gasteiger partial charge < -0.3 is 9.47 Å². The van der Waals surface area contributed by atoms with Gasteiger partial charge in [0, 0.05) is 6.92 Å². The summed E-state index contributed by atoms with van der Waals surface area (Å²) in [6, 6.07) is 4.36. The SMILES string of the molecule is C=C(N=C/C(F)=C(\C)CC)OCc1ccc(OC)c(C(C)(F)F)c1. The van der Waals surface area contributed by atoms with Gasteiger partial charge in [-0.3, -0.25) is 0 Å². The maximum absolute atomic E-state index is 13.6. The van der Waals surface area contributed by atoms with E-state index in [2.05, 4.69) is 11.6 Å². The van der Waals surface area contributed by atoms with E-state index in [-0.39, 0.29) is 23.8 Å². The Labute approximate surface area is 140 Å². The molecule has 0 aliphatic heterocycles. The summed E-state index contributed by atoms with van der Waals surface area (Å²) < 4.78 is 50.9. The first-order chi connectivity index (χ1) is 11.2. The van der Waals surface area contributed by atoms with Crippen LogP contribution in [0.2, 0.25) is 0 Å². The third kappa shape index (κ3) is 5.76. The first kappa shape index (κ1) is 19.8. The van der Waals surface area contributed by atoms with Gasteiger partial charge >= 0.3 is 0 Å². The minimum absolute atomic E-state index is 0.00493. The average Bonchev–Trinajstić information content (AvgIpc) is 2.55. The molecule has 0 atom stereocenters. The summed E-state index contributed by atoms with van der Waals surface area (Å²) in [4.78, 5) is 3.77. The predicted octanol–water partition coefficient (Wildman–Crippen LogP) is 5.52. The quantitative estimate of drug-likeness (QED) is 0.460. The molecule has 0 N–H and O–H groups in total. The minimum atomic E-state index is -3.04. The highest BCUT2D eigenvalue weighted by Crippen LogP contribution is 2.35. The van der Waals surface area contributed by atoms with Gasteiger partial charge in [0.15, 0.2) is 0 Å². The van der Waals surface area contributed by atoms with Crippen LogP contribution in [0.1, 0.15) is 38.3 Å². The van der Waals surface area contributed by atoms with Crippen molar-refractivity contribution in [1.82, 2.24) is 0 Å². The van der Waals surface area contributed by atoms with Crippen LogP contribution in [0.4, 0.5) is 13.2 Å². The summed E-state index contributed by atoms with van der Waals surface area (Å²) in [5.74, 6) is -3.39. The summed E-state index contributed by atoms with van der Waals surface area (Å²) in [5.41, 5.74) is 0.841. The number of rotatable bonds is 8. The maximum Gasteiger partial charge on any atom is 0.274 e. The van der Waals surface area contributed by atoms with Gasteiger partial charge in [-0.1, -0.05) is 13.0 Å². The van der Waals surface area contributed by atoms with E-state index in [4.69, 9.17) is 9.47 Å². The molecule has 24 heavy (non-hydrogen) atoms. The predicted molar refractivity (Wildman–Crippen MR) is 89.1 cm³/mol. The molecule has 0 unspecified atom stereocenters. The number of hydrogen-bond donors (Lipinski definition) is 0. The topological polar surface area (TPSA) is 30.8 Å². The van der Waals surface area contributed by atoms with E-state index in [0.717, 1.165) is 13.1 Å². The Bertz CT molecular complexity index is 646. The number of ether oxygens (including phenoxy) is 2. The summed E-state index contributed by atoms with van der Waals surface area (Å²) in [7, 11) is 1.33. The molecule has 0 heterocycles. The van der Waals surface area contributed by atoms with Gasteiger partial charge in [0.1, 0.15) is 18.2 Å². The number of benzene rings is 1. The van der Waals surface area contributed by atoms with E-state index >= 15 is 0 Å². The van der Waals surface area contributed by atoms with Gasteiger partial charge in [0.2, 0.25) is 5.88 Å². The molecule has 0 aliphatic carbocycles. The highest BCUT2D eigenvalue weighted by molar-refractivity contribution is 5.77. The Morgan fingerprint density at radius 1 is 1.38 bits per heavy atom. The largest absolute Gasteiger partial charge is 0.496 e. The lowest BCUT2D eigenvalue weighted by atomic mass is 10.1. The number of alkyl halides is 2. The van der Waals surface area contributed by atoms with Crippen molar-refractivity contribution >= 4 is 6.21 Å². The number of hydrogen-bond acceptors (Lipinski definition) is 3. The molecule has 132 valence electrons. The number of allylic oxidation sites excluding steroid dienone is 2. The van der Waals surface area contributed by atoms with Crippen molar-refractivity contribution in [3.05, 3.63) is 53.2 Å². The molecule has 0 radical (unpaired) electrons. The standard InChI is InChI=1S/C18H22F3NO2/c1-6-12(2)16(19)10-22-13(3)24-11-14-7-8-17(23-5)15(9-14)18(4,20)21/h7-10H,3,6,11H2,1-2,4-5H3/b16-12-,22-10?. The summed E-state index contributed by atoms with van der Waals surface area (Å²) in [6.45, 7) is 7.83. The second kappa shape index (κ2) is 8.57. The van der Waals surface area contributed by atoms with Gasteiger partial charge in [-0.15, -0.1) is 0 Å². The molecule has 1 rings (SSSR count). The molecular formula is C18H22F3NO2. The van der Waals surface area contributed by atoms with E-state index in [1.54, 1.807) is 13.0 Å². The zero-order chi connectivity index (χ0) is 18.3. The van der Waals surface area contributed by atoms with Crippen molar-refractivity contribution in [3.8, 4) is 5.75 Å². The molecule has 0 amide bonds. The highest BCUT2D eigenvalue weighted by atomic mass is 19.3. The molecule has 3 nitrogen and oxygen atoms in total. The number of methoxy groups -OCH3 is 1. The monoisotopic (exact) mass is 341 g/mol. The molecule has 1 aromatic carbocycles. The molecule has 0 bridgehead atoms. The van der Waals surface area contributed by atoms with Crippen LogP contribution < -0.4 is 4.74 Å². The van der Waals surface area contributed by atoms with Crippen LogP contribution in [0.15, 0.2) is 47.1 Å². The van der Waals surface area contributed by atoms with Crippen molar-refractivity contribution in [3.63, 3.8) is 0 Å². The van der Waals surface area contributed by atoms with Crippen molar-refractivity contribution in [2.45, 2.75) is 39.7 Å². The summed E-state index contributed by atoms with van der Waals surface area (Å²) in [6.07, 6.45) is 1.60. The smallest absolute Gasteiger partial charge is 0.274 e. The molecule has 0 fully saturated rings. The molecule has 0 saturated heterocycles. The highest BCUT2D eigenvalue weighted by Gasteiger charge is 2.28. The van der Waals surface area contributed by atoms with Gasteiger partial charge in [-0.05, 0) is 43.2 Å². The lowest BCUT2D eigenvalue weighted by molar-refractivity contribution is 0.0149. The van der Waals surface area contributed by atoms with E-state index in [1.165, 1.54) is 19.2 Å². The van der Waals surface area contributed by atoms with Crippen molar-refractivity contribution < 1.29 is 22.6 Å². The molecule has 0 aliphatic rings. The zero-order valence-electron chi connectivity index (χ0n) is 14.3. The number of nitrogens with zero attached hydrogens (tertiary/aromatic N) is 1. The van der Waals surface area contributed by atoms with E-state index in [9.17, 15) is 13.2 Å². The van der Waals surface area contributed by atoms with Gasteiger partial charge in [0.25, 0.3) is 5.92 Å². The maximum atomic E-state index is 13.6. The Kier molecular flexibility index (Phi) is 7.07. The zero-order valence-corrected chi connectivity index (χ0v) is 14.3. The fraction of sp³-hybridized carbons (Fsp3) is 0.389. The van der Waals surface area contributed by atoms with Crippen LogP contribution in [0.3, 0.4) is 0 Å². The first-order valence-corrected chi connectivity index (χ1v) is 7.45. The van der Waals surface area contributed by atoms with Crippen LogP contribution in [-0.4, -0.2) is 13.3 Å². The lowest BCUT2D eigenvalue weighted by Crippen LogP contribution is -2.10. The third-order valence-corrected chi connectivity index (χ3v) is 3.40.